The molecule has 0 aliphatic heterocycles. The van der Waals surface area contributed by atoms with E-state index in [2.05, 4.69) is 223 Å². The van der Waals surface area contributed by atoms with Gasteiger partial charge in [-0.2, -0.15) is 0 Å². The van der Waals surface area contributed by atoms with Crippen molar-refractivity contribution in [2.45, 2.75) is 55.4 Å². The fourth-order valence-corrected chi connectivity index (χ4v) is 8.62. The fraction of sp³-hybridized carbons (Fsp3) is 0.148. The second-order valence-corrected chi connectivity index (χ2v) is 15.9. The van der Waals surface area contributed by atoms with Gasteiger partial charge in [-0.15, -0.1) is 0 Å². The van der Waals surface area contributed by atoms with Crippen molar-refractivity contribution in [2.24, 2.45) is 0 Å². The van der Waals surface area contributed by atoms with Crippen LogP contribution < -0.4 is 9.80 Å². The van der Waals surface area contributed by atoms with E-state index in [9.17, 15) is 0 Å². The van der Waals surface area contributed by atoms with Crippen molar-refractivity contribution in [2.75, 3.05) is 9.80 Å². The summed E-state index contributed by atoms with van der Waals surface area (Å²) in [5, 5.41) is 2.41. The second kappa shape index (κ2) is 15.0. The van der Waals surface area contributed by atoms with Gasteiger partial charge in [0.25, 0.3) is 0 Å². The first-order valence-electron chi connectivity index (χ1n) is 19.7. The Bertz CT molecular complexity index is 2350. The molecule has 0 aliphatic carbocycles. The SMILES string of the molecule is Cc1cc(C)cc(N(c2cc(C)cc(C)c2)c2cc(-c3ccccc3)c3cc(N(c4cc(C)cc(C)c4)c4cc(C)cc(C)c4)cc(-c4ccccc4)c3c2)c1. The van der Waals surface area contributed by atoms with E-state index in [4.69, 9.17) is 0 Å². The molecule has 0 saturated carbocycles. The summed E-state index contributed by atoms with van der Waals surface area (Å²) in [5.41, 5.74) is 21.5. The van der Waals surface area contributed by atoms with Crippen molar-refractivity contribution in [3.8, 4) is 22.3 Å². The van der Waals surface area contributed by atoms with Crippen LogP contribution in [0.1, 0.15) is 44.5 Å². The molecule has 0 spiro atoms. The number of rotatable bonds is 8. The van der Waals surface area contributed by atoms with E-state index in [1.807, 2.05) is 0 Å². The van der Waals surface area contributed by atoms with Crippen LogP contribution in [0.3, 0.4) is 0 Å². The summed E-state index contributed by atoms with van der Waals surface area (Å²) >= 11 is 0. The normalized spacial score (nSPS) is 11.2. The largest absolute Gasteiger partial charge is 0.310 e. The molecule has 0 aliphatic rings. The van der Waals surface area contributed by atoms with Crippen molar-refractivity contribution >= 4 is 44.9 Å². The van der Waals surface area contributed by atoms with Crippen LogP contribution in [0.25, 0.3) is 33.0 Å². The summed E-state index contributed by atoms with van der Waals surface area (Å²) in [6.45, 7) is 17.5. The molecule has 2 heteroatoms. The number of fused-ring (bicyclic) bond motifs is 1. The van der Waals surface area contributed by atoms with Crippen molar-refractivity contribution in [1.29, 1.82) is 0 Å². The molecular weight excluding hydrogens is 677 g/mol. The van der Waals surface area contributed by atoms with Gasteiger partial charge in [0.05, 0.1) is 0 Å². The molecule has 0 atom stereocenters. The van der Waals surface area contributed by atoms with Crippen LogP contribution in [0.2, 0.25) is 0 Å². The zero-order valence-corrected chi connectivity index (χ0v) is 33.9. The van der Waals surface area contributed by atoms with Crippen LogP contribution in [-0.2, 0) is 0 Å². The average Bonchev–Trinajstić information content (AvgIpc) is 3.14. The molecule has 56 heavy (non-hydrogen) atoms. The molecule has 276 valence electrons. The molecule has 8 aromatic rings. The van der Waals surface area contributed by atoms with Gasteiger partial charge in [0.1, 0.15) is 0 Å². The van der Waals surface area contributed by atoms with Crippen molar-refractivity contribution in [3.63, 3.8) is 0 Å². The number of benzene rings is 8. The molecule has 0 bridgehead atoms. The van der Waals surface area contributed by atoms with Gasteiger partial charge in [0.15, 0.2) is 0 Å². The molecule has 0 fully saturated rings. The van der Waals surface area contributed by atoms with E-state index in [0.29, 0.717) is 0 Å². The Balaban J connectivity index is 1.50. The number of aryl methyl sites for hydroxylation is 8. The van der Waals surface area contributed by atoms with Crippen LogP contribution in [0.15, 0.2) is 158 Å². The first-order chi connectivity index (χ1) is 27.0. The van der Waals surface area contributed by atoms with Crippen LogP contribution in [-0.4, -0.2) is 0 Å². The van der Waals surface area contributed by atoms with Crippen LogP contribution in [0, 0.1) is 55.4 Å². The second-order valence-electron chi connectivity index (χ2n) is 15.9. The lowest BCUT2D eigenvalue weighted by molar-refractivity contribution is 1.23. The minimum atomic E-state index is 1.12. The Labute approximate surface area is 333 Å². The Morgan fingerprint density at radius 3 is 0.732 bits per heavy atom. The van der Waals surface area contributed by atoms with Gasteiger partial charge in [-0.25, -0.2) is 0 Å². The molecule has 2 nitrogen and oxygen atoms in total. The molecule has 0 unspecified atom stereocenters. The monoisotopic (exact) mass is 726 g/mol. The predicted octanol–water partition coefficient (Wildman–Crippen LogP) is 15.6. The van der Waals surface area contributed by atoms with Crippen molar-refractivity contribution in [1.82, 2.24) is 0 Å². The van der Waals surface area contributed by atoms with E-state index in [-0.39, 0.29) is 0 Å². The van der Waals surface area contributed by atoms with Gasteiger partial charge in [-0.1, -0.05) is 84.9 Å². The van der Waals surface area contributed by atoms with E-state index in [0.717, 1.165) is 34.1 Å². The fourth-order valence-electron chi connectivity index (χ4n) is 8.62. The molecule has 0 radical (unpaired) electrons. The van der Waals surface area contributed by atoms with Gasteiger partial charge in [0, 0.05) is 34.1 Å². The maximum atomic E-state index is 2.45. The highest BCUT2D eigenvalue weighted by Crippen LogP contribution is 2.47. The van der Waals surface area contributed by atoms with Crippen molar-refractivity contribution < 1.29 is 0 Å². The van der Waals surface area contributed by atoms with Crippen LogP contribution in [0.5, 0.6) is 0 Å². The number of hydrogen-bond donors (Lipinski definition) is 0. The lowest BCUT2D eigenvalue weighted by Gasteiger charge is -2.30. The van der Waals surface area contributed by atoms with E-state index in [1.54, 1.807) is 0 Å². The van der Waals surface area contributed by atoms with E-state index >= 15 is 0 Å². The molecule has 0 N–H and O–H groups in total. The molecule has 8 aromatic carbocycles. The Kier molecular flexibility index (Phi) is 9.83. The maximum Gasteiger partial charge on any atom is 0.0474 e. The summed E-state index contributed by atoms with van der Waals surface area (Å²) < 4.78 is 0. The zero-order valence-electron chi connectivity index (χ0n) is 33.9. The number of anilines is 6. The summed E-state index contributed by atoms with van der Waals surface area (Å²) in [7, 11) is 0. The van der Waals surface area contributed by atoms with Gasteiger partial charge in [0.2, 0.25) is 0 Å². The summed E-state index contributed by atoms with van der Waals surface area (Å²) in [6.07, 6.45) is 0. The third-order valence-corrected chi connectivity index (χ3v) is 10.6. The molecule has 0 amide bonds. The first kappa shape index (κ1) is 36.6. The highest BCUT2D eigenvalue weighted by molar-refractivity contribution is 6.10. The zero-order chi connectivity index (χ0) is 39.1. The highest BCUT2D eigenvalue weighted by Gasteiger charge is 2.22. The molecule has 0 saturated heterocycles. The molecular formula is C54H50N2. The molecule has 0 heterocycles. The van der Waals surface area contributed by atoms with Gasteiger partial charge >= 0.3 is 0 Å². The minimum Gasteiger partial charge on any atom is -0.310 e. The first-order valence-corrected chi connectivity index (χ1v) is 19.7. The third kappa shape index (κ3) is 7.48. The predicted molar refractivity (Wildman–Crippen MR) is 242 cm³/mol. The smallest absolute Gasteiger partial charge is 0.0474 e. The van der Waals surface area contributed by atoms with Crippen LogP contribution >= 0.6 is 0 Å². The minimum absolute atomic E-state index is 1.12. The van der Waals surface area contributed by atoms with Crippen LogP contribution in [0.4, 0.5) is 34.1 Å². The molecule has 8 rings (SSSR count). The summed E-state index contributed by atoms with van der Waals surface area (Å²) in [5.74, 6) is 0. The van der Waals surface area contributed by atoms with E-state index in [1.165, 1.54) is 77.5 Å². The maximum absolute atomic E-state index is 2.45. The van der Waals surface area contributed by atoms with Gasteiger partial charge in [-0.05, 0) is 206 Å². The quantitative estimate of drug-likeness (QED) is 0.154. The van der Waals surface area contributed by atoms with Crippen molar-refractivity contribution in [3.05, 3.63) is 202 Å². The molecule has 0 aromatic heterocycles. The third-order valence-electron chi connectivity index (χ3n) is 10.6. The highest BCUT2D eigenvalue weighted by atomic mass is 15.1. The number of nitrogens with zero attached hydrogens (tertiary/aromatic N) is 2. The Morgan fingerprint density at radius 2 is 0.482 bits per heavy atom. The topological polar surface area (TPSA) is 6.48 Å². The lowest BCUT2D eigenvalue weighted by Crippen LogP contribution is -2.12. The lowest BCUT2D eigenvalue weighted by atomic mass is 9.90. The summed E-state index contributed by atoms with van der Waals surface area (Å²) in [4.78, 5) is 4.90. The number of hydrogen-bond acceptors (Lipinski definition) is 2. The average molecular weight is 727 g/mol. The van der Waals surface area contributed by atoms with Gasteiger partial charge in [-0.3, -0.25) is 0 Å². The van der Waals surface area contributed by atoms with Gasteiger partial charge < -0.3 is 9.80 Å². The Hall–Kier alpha value is -6.38. The van der Waals surface area contributed by atoms with E-state index < -0.39 is 0 Å². The standard InChI is InChI=1S/C54H50N2/c1-35-19-36(2)24-45(23-35)55(46-25-37(3)20-38(4)26-46)49-31-51(43-15-11-9-12-16-43)54-34-50(32-52(53(54)33-49)44-17-13-10-14-18-44)56(47-27-39(5)21-40(6)28-47)48-29-41(7)22-42(8)30-48/h9-34H,1-8H3. The summed E-state index contributed by atoms with van der Waals surface area (Å²) in [6, 6.07) is 59.0. The Morgan fingerprint density at radius 1 is 0.250 bits per heavy atom.